The normalized spacial score (nSPS) is 14.6. The first-order chi connectivity index (χ1) is 13.5. The number of anilines is 1. The molecule has 28 heavy (non-hydrogen) atoms. The van der Waals surface area contributed by atoms with Gasteiger partial charge in [0.05, 0.1) is 6.54 Å². The smallest absolute Gasteiger partial charge is 0.238 e. The van der Waals surface area contributed by atoms with Gasteiger partial charge in [0.1, 0.15) is 0 Å². The van der Waals surface area contributed by atoms with Gasteiger partial charge in [0, 0.05) is 38.4 Å². The van der Waals surface area contributed by atoms with Crippen LogP contribution >= 0.6 is 12.2 Å². The fourth-order valence-corrected chi connectivity index (χ4v) is 3.53. The Morgan fingerprint density at radius 1 is 1.00 bits per heavy atom. The van der Waals surface area contributed by atoms with E-state index in [-0.39, 0.29) is 5.91 Å². The number of hydrogen-bond donors (Lipinski definition) is 2. The lowest BCUT2D eigenvalue weighted by atomic mass is 10.1. The lowest BCUT2D eigenvalue weighted by Crippen LogP contribution is -2.52. The molecule has 0 saturated carbocycles. The van der Waals surface area contributed by atoms with E-state index in [1.807, 2.05) is 37.3 Å². The molecule has 148 valence electrons. The Morgan fingerprint density at radius 3 is 2.43 bits per heavy atom. The molecule has 0 aliphatic carbocycles. The van der Waals surface area contributed by atoms with Crippen molar-refractivity contribution in [1.29, 1.82) is 0 Å². The zero-order chi connectivity index (χ0) is 19.9. The first-order valence-electron chi connectivity index (χ1n) is 9.68. The predicted molar refractivity (Wildman–Crippen MR) is 118 cm³/mol. The number of rotatable bonds is 5. The Hall–Kier alpha value is -2.44. The lowest BCUT2D eigenvalue weighted by molar-refractivity contribution is -0.117. The maximum Gasteiger partial charge on any atom is 0.238 e. The molecule has 1 aliphatic heterocycles. The molecule has 0 spiro atoms. The number of amides is 1. The fourth-order valence-electron chi connectivity index (χ4n) is 3.27. The Kier molecular flexibility index (Phi) is 7.01. The van der Waals surface area contributed by atoms with Crippen molar-refractivity contribution in [3.63, 3.8) is 0 Å². The van der Waals surface area contributed by atoms with Gasteiger partial charge in [-0.2, -0.15) is 0 Å². The van der Waals surface area contributed by atoms with E-state index in [9.17, 15) is 4.79 Å². The highest BCUT2D eigenvalue weighted by Gasteiger charge is 2.20. The van der Waals surface area contributed by atoms with Gasteiger partial charge in [0.2, 0.25) is 5.91 Å². The summed E-state index contributed by atoms with van der Waals surface area (Å²) < 4.78 is 0. The van der Waals surface area contributed by atoms with E-state index in [4.69, 9.17) is 12.2 Å². The molecule has 1 amide bonds. The van der Waals surface area contributed by atoms with Crippen LogP contribution in [0, 0.1) is 13.8 Å². The van der Waals surface area contributed by atoms with E-state index in [2.05, 4.69) is 45.6 Å². The van der Waals surface area contributed by atoms with Gasteiger partial charge in [-0.3, -0.25) is 9.69 Å². The second kappa shape index (κ2) is 9.66. The van der Waals surface area contributed by atoms with Gasteiger partial charge in [0.25, 0.3) is 0 Å². The van der Waals surface area contributed by atoms with Crippen LogP contribution in [0.25, 0.3) is 0 Å². The maximum absolute atomic E-state index is 12.4. The minimum absolute atomic E-state index is 0.0342. The van der Waals surface area contributed by atoms with Crippen LogP contribution in [0.1, 0.15) is 16.7 Å². The number of thiocarbonyl (C=S) groups is 1. The summed E-state index contributed by atoms with van der Waals surface area (Å²) in [5.41, 5.74) is 4.42. The molecule has 0 bridgehead atoms. The second-order valence-corrected chi connectivity index (χ2v) is 7.59. The first kappa shape index (κ1) is 20.3. The summed E-state index contributed by atoms with van der Waals surface area (Å²) in [6, 6.07) is 16.2. The third kappa shape index (κ3) is 5.53. The van der Waals surface area contributed by atoms with E-state index in [0.29, 0.717) is 6.54 Å². The quantitative estimate of drug-likeness (QED) is 0.761. The number of hydrogen-bond acceptors (Lipinski definition) is 3. The van der Waals surface area contributed by atoms with E-state index < -0.39 is 0 Å². The van der Waals surface area contributed by atoms with Crippen molar-refractivity contribution in [2.75, 3.05) is 38.0 Å². The van der Waals surface area contributed by atoms with Crippen molar-refractivity contribution >= 4 is 28.9 Å². The molecule has 0 radical (unpaired) electrons. The summed E-state index contributed by atoms with van der Waals surface area (Å²) in [7, 11) is 0. The number of nitrogens with zero attached hydrogens (tertiary/aromatic N) is 2. The highest BCUT2D eigenvalue weighted by atomic mass is 32.1. The van der Waals surface area contributed by atoms with Crippen molar-refractivity contribution in [2.45, 2.75) is 20.4 Å². The van der Waals surface area contributed by atoms with E-state index >= 15 is 0 Å². The van der Waals surface area contributed by atoms with Crippen molar-refractivity contribution in [2.24, 2.45) is 0 Å². The maximum atomic E-state index is 12.4. The SMILES string of the molecule is Cc1cccc(NC(=O)CN2CCN(C(=S)NCc3ccccc3)CC2)c1C. The largest absolute Gasteiger partial charge is 0.358 e. The molecule has 2 aromatic rings. The number of piperazine rings is 1. The number of carbonyl (C=O) groups excluding carboxylic acids is 1. The molecular weight excluding hydrogens is 368 g/mol. The molecular formula is C22H28N4OS. The highest BCUT2D eigenvalue weighted by molar-refractivity contribution is 7.80. The number of aryl methyl sites for hydroxylation is 1. The van der Waals surface area contributed by atoms with Crippen LogP contribution in [-0.4, -0.2) is 53.5 Å². The third-order valence-corrected chi connectivity index (χ3v) is 5.59. The standard InChI is InChI=1S/C22H28N4OS/c1-17-7-6-10-20(18(17)2)24-21(27)16-25-11-13-26(14-12-25)22(28)23-15-19-8-4-3-5-9-19/h3-10H,11-16H2,1-2H3,(H,23,28)(H,24,27). The van der Waals surface area contributed by atoms with Gasteiger partial charge in [0.15, 0.2) is 5.11 Å². The van der Waals surface area contributed by atoms with E-state index in [0.717, 1.165) is 49.1 Å². The van der Waals surface area contributed by atoms with Gasteiger partial charge >= 0.3 is 0 Å². The molecule has 0 aromatic heterocycles. The van der Waals surface area contributed by atoms with E-state index in [1.54, 1.807) is 0 Å². The van der Waals surface area contributed by atoms with Crippen molar-refractivity contribution in [3.05, 3.63) is 65.2 Å². The van der Waals surface area contributed by atoms with Gasteiger partial charge in [-0.1, -0.05) is 42.5 Å². The molecule has 1 saturated heterocycles. The lowest BCUT2D eigenvalue weighted by Gasteiger charge is -2.35. The number of benzene rings is 2. The Bertz CT molecular complexity index is 817. The molecule has 1 aliphatic rings. The van der Waals surface area contributed by atoms with Gasteiger partial charge in [-0.05, 0) is 48.8 Å². The molecule has 2 N–H and O–H groups in total. The fraction of sp³-hybridized carbons (Fsp3) is 0.364. The van der Waals surface area contributed by atoms with Gasteiger partial charge < -0.3 is 15.5 Å². The van der Waals surface area contributed by atoms with Crippen LogP contribution in [0.15, 0.2) is 48.5 Å². The van der Waals surface area contributed by atoms with Crippen LogP contribution in [0.2, 0.25) is 0 Å². The average molecular weight is 397 g/mol. The van der Waals surface area contributed by atoms with Crippen LogP contribution in [0.5, 0.6) is 0 Å². The average Bonchev–Trinajstić information content (AvgIpc) is 2.71. The molecule has 6 heteroatoms. The summed E-state index contributed by atoms with van der Waals surface area (Å²) in [5, 5.41) is 7.15. The third-order valence-electron chi connectivity index (χ3n) is 5.19. The van der Waals surface area contributed by atoms with E-state index in [1.165, 1.54) is 11.1 Å². The summed E-state index contributed by atoms with van der Waals surface area (Å²) in [6.07, 6.45) is 0. The Balaban J connectivity index is 1.41. The monoisotopic (exact) mass is 396 g/mol. The summed E-state index contributed by atoms with van der Waals surface area (Å²) in [6.45, 7) is 8.55. The number of nitrogens with one attached hydrogen (secondary N) is 2. The van der Waals surface area contributed by atoms with Gasteiger partial charge in [-0.25, -0.2) is 0 Å². The zero-order valence-electron chi connectivity index (χ0n) is 16.6. The zero-order valence-corrected chi connectivity index (χ0v) is 17.4. The van der Waals surface area contributed by atoms with Gasteiger partial charge in [-0.15, -0.1) is 0 Å². The van der Waals surface area contributed by atoms with Crippen molar-refractivity contribution in [1.82, 2.24) is 15.1 Å². The highest BCUT2D eigenvalue weighted by Crippen LogP contribution is 2.18. The molecule has 3 rings (SSSR count). The van der Waals surface area contributed by atoms with Crippen LogP contribution < -0.4 is 10.6 Å². The number of carbonyl (C=O) groups is 1. The first-order valence-corrected chi connectivity index (χ1v) is 10.1. The topological polar surface area (TPSA) is 47.6 Å². The minimum Gasteiger partial charge on any atom is -0.358 e. The summed E-state index contributed by atoms with van der Waals surface area (Å²) >= 11 is 5.53. The Morgan fingerprint density at radius 2 is 1.71 bits per heavy atom. The van der Waals surface area contributed by atoms with Crippen molar-refractivity contribution < 1.29 is 4.79 Å². The van der Waals surface area contributed by atoms with Crippen molar-refractivity contribution in [3.8, 4) is 0 Å². The second-order valence-electron chi connectivity index (χ2n) is 7.20. The summed E-state index contributed by atoms with van der Waals surface area (Å²) in [4.78, 5) is 16.8. The van der Waals surface area contributed by atoms with Crippen LogP contribution in [0.3, 0.4) is 0 Å². The Labute approximate surface area is 172 Å². The molecule has 5 nitrogen and oxygen atoms in total. The van der Waals surface area contributed by atoms with Crippen LogP contribution in [-0.2, 0) is 11.3 Å². The molecule has 1 heterocycles. The molecule has 0 unspecified atom stereocenters. The predicted octanol–water partition coefficient (Wildman–Crippen LogP) is 2.93. The van der Waals surface area contributed by atoms with Crippen LogP contribution in [0.4, 0.5) is 5.69 Å². The minimum atomic E-state index is 0.0342. The molecule has 2 aromatic carbocycles. The molecule has 0 atom stereocenters. The molecule has 1 fully saturated rings. The summed E-state index contributed by atoms with van der Waals surface area (Å²) in [5.74, 6) is 0.0342.